The summed E-state index contributed by atoms with van der Waals surface area (Å²) in [5.74, 6) is -5.10. The number of anilines is 1. The molecule has 10 heteroatoms. The molecular weight excluding hydrogens is 567 g/mol. The Hall–Kier alpha value is -3.95. The molecule has 0 bridgehead atoms. The molecule has 2 aromatic carbocycles. The molecule has 0 saturated carbocycles. The lowest BCUT2D eigenvalue weighted by Crippen LogP contribution is -2.46. The number of carbonyl (C=O) groups is 3. The Labute approximate surface area is 246 Å². The van der Waals surface area contributed by atoms with Gasteiger partial charge in [-0.25, -0.2) is 9.18 Å². The van der Waals surface area contributed by atoms with Crippen molar-refractivity contribution in [3.63, 3.8) is 0 Å². The van der Waals surface area contributed by atoms with E-state index in [1.165, 1.54) is 34.4 Å². The van der Waals surface area contributed by atoms with Gasteiger partial charge in [-0.3, -0.25) is 14.5 Å². The summed E-state index contributed by atoms with van der Waals surface area (Å²) in [6.45, 7) is 3.50. The molecule has 5 rings (SSSR count). The highest BCUT2D eigenvalue weighted by atomic mass is 35.5. The van der Waals surface area contributed by atoms with Gasteiger partial charge in [0.1, 0.15) is 17.6 Å². The second kappa shape index (κ2) is 11.9. The summed E-state index contributed by atoms with van der Waals surface area (Å²) in [6.07, 6.45) is 0.204. The Morgan fingerprint density at radius 1 is 1.07 bits per heavy atom. The van der Waals surface area contributed by atoms with Crippen LogP contribution in [0.4, 0.5) is 10.1 Å². The first-order valence-electron chi connectivity index (χ1n) is 13.2. The number of carbonyl (C=O) groups excluding carboxylic acids is 3. The van der Waals surface area contributed by atoms with Crippen molar-refractivity contribution < 1.29 is 28.2 Å². The van der Waals surface area contributed by atoms with Crippen LogP contribution in [0, 0.1) is 11.7 Å². The lowest BCUT2D eigenvalue weighted by molar-refractivity contribution is -0.152. The zero-order valence-electron chi connectivity index (χ0n) is 22.4. The molecule has 3 atom stereocenters. The van der Waals surface area contributed by atoms with E-state index in [0.717, 1.165) is 4.88 Å². The summed E-state index contributed by atoms with van der Waals surface area (Å²) in [5.41, 5.74) is 8.30. The van der Waals surface area contributed by atoms with Crippen LogP contribution in [0.1, 0.15) is 42.5 Å². The third kappa shape index (κ3) is 5.27. The van der Waals surface area contributed by atoms with E-state index < -0.39 is 41.3 Å². The van der Waals surface area contributed by atoms with E-state index in [1.54, 1.807) is 44.2 Å². The molecule has 0 saturated heterocycles. The first kappa shape index (κ1) is 28.6. The number of rotatable bonds is 7. The largest absolute Gasteiger partial charge is 0.465 e. The quantitative estimate of drug-likeness (QED) is 0.262. The van der Waals surface area contributed by atoms with Crippen LogP contribution in [0.2, 0.25) is 5.02 Å². The maximum Gasteiger partial charge on any atom is 0.338 e. The van der Waals surface area contributed by atoms with Crippen LogP contribution in [0.3, 0.4) is 0 Å². The molecule has 0 fully saturated rings. The minimum atomic E-state index is -1.16. The maximum atomic E-state index is 14.6. The number of benzene rings is 2. The number of nitrogens with two attached hydrogens (primary N) is 1. The molecule has 212 valence electrons. The highest BCUT2D eigenvalue weighted by Gasteiger charge is 2.51. The number of Topliss-reactive ketones (excluding diaryl/α,β-unsaturated/α-hetero) is 1. The van der Waals surface area contributed by atoms with E-state index in [4.69, 9.17) is 26.8 Å². The third-order valence-corrected chi connectivity index (χ3v) is 8.47. The van der Waals surface area contributed by atoms with Crippen LogP contribution in [0.5, 0.6) is 0 Å². The van der Waals surface area contributed by atoms with Gasteiger partial charge in [0.05, 0.1) is 30.4 Å². The van der Waals surface area contributed by atoms with E-state index in [2.05, 4.69) is 0 Å². The first-order chi connectivity index (χ1) is 19.8. The fraction of sp³-hybridized carbons (Fsp3) is 0.258. The number of thiophene rings is 1. The average molecular weight is 595 g/mol. The van der Waals surface area contributed by atoms with Gasteiger partial charge in [0.2, 0.25) is 0 Å². The average Bonchev–Trinajstić information content (AvgIpc) is 3.47. The molecule has 7 nitrogen and oxygen atoms in total. The van der Waals surface area contributed by atoms with Crippen molar-refractivity contribution in [2.75, 3.05) is 18.1 Å². The summed E-state index contributed by atoms with van der Waals surface area (Å²) >= 11 is 7.79. The minimum absolute atomic E-state index is 0.00246. The van der Waals surface area contributed by atoms with Crippen LogP contribution in [0.15, 0.2) is 88.7 Å². The van der Waals surface area contributed by atoms with E-state index in [-0.39, 0.29) is 36.6 Å². The van der Waals surface area contributed by atoms with E-state index in [9.17, 15) is 18.8 Å². The molecule has 0 spiro atoms. The number of ether oxygens (including phenoxy) is 2. The summed E-state index contributed by atoms with van der Waals surface area (Å²) in [4.78, 5) is 43.9. The Morgan fingerprint density at radius 3 is 2.49 bits per heavy atom. The van der Waals surface area contributed by atoms with Crippen molar-refractivity contribution in [1.29, 1.82) is 0 Å². The van der Waals surface area contributed by atoms with Crippen LogP contribution in [0.25, 0.3) is 0 Å². The molecular formula is C31H28ClFN2O5S. The van der Waals surface area contributed by atoms with Crippen molar-refractivity contribution in [3.8, 4) is 0 Å². The number of nitrogens with zero attached hydrogens (tertiary/aromatic N) is 1. The molecule has 1 aromatic heterocycles. The van der Waals surface area contributed by atoms with Crippen molar-refractivity contribution in [2.45, 2.75) is 32.1 Å². The summed E-state index contributed by atoms with van der Waals surface area (Å²) < 4.78 is 25.3. The molecule has 0 amide bonds. The SMILES string of the molecule is CCOC(=O)C1=C(N)N(c2cccc(F)c2)C2=C(C(=O)C(C(=O)OCC)C(c3cccs3)C2)C1c1cccc(Cl)c1. The Balaban J connectivity index is 1.82. The highest BCUT2D eigenvalue weighted by Crippen LogP contribution is 2.52. The fourth-order valence-corrected chi connectivity index (χ4v) is 6.70. The monoisotopic (exact) mass is 594 g/mol. The number of ketones is 1. The van der Waals surface area contributed by atoms with Gasteiger partial charge in [-0.05, 0) is 67.6 Å². The van der Waals surface area contributed by atoms with Crippen molar-refractivity contribution in [2.24, 2.45) is 11.7 Å². The Kier molecular flexibility index (Phi) is 8.28. The smallest absolute Gasteiger partial charge is 0.338 e. The predicted molar refractivity (Wildman–Crippen MR) is 155 cm³/mol. The fourth-order valence-electron chi connectivity index (χ4n) is 5.64. The highest BCUT2D eigenvalue weighted by molar-refractivity contribution is 7.10. The van der Waals surface area contributed by atoms with E-state index >= 15 is 0 Å². The molecule has 2 heterocycles. The van der Waals surface area contributed by atoms with Crippen LogP contribution in [-0.4, -0.2) is 30.9 Å². The van der Waals surface area contributed by atoms with Gasteiger partial charge in [-0.15, -0.1) is 11.3 Å². The van der Waals surface area contributed by atoms with Crippen LogP contribution in [-0.2, 0) is 23.9 Å². The number of esters is 2. The number of halogens is 2. The third-order valence-electron chi connectivity index (χ3n) is 7.23. The lowest BCUT2D eigenvalue weighted by Gasteiger charge is -2.43. The molecule has 2 N–H and O–H groups in total. The topological polar surface area (TPSA) is 98.9 Å². The van der Waals surface area contributed by atoms with Gasteiger partial charge in [0.25, 0.3) is 0 Å². The van der Waals surface area contributed by atoms with Crippen molar-refractivity contribution in [1.82, 2.24) is 0 Å². The number of hydrogen-bond acceptors (Lipinski definition) is 8. The predicted octanol–water partition coefficient (Wildman–Crippen LogP) is 6.07. The Bertz CT molecular complexity index is 1570. The maximum absolute atomic E-state index is 14.6. The van der Waals surface area contributed by atoms with Gasteiger partial charge in [0.15, 0.2) is 5.78 Å². The Morgan fingerprint density at radius 2 is 1.83 bits per heavy atom. The zero-order chi connectivity index (χ0) is 29.3. The molecule has 2 aliphatic rings. The van der Waals surface area contributed by atoms with Crippen LogP contribution >= 0.6 is 22.9 Å². The molecule has 1 aliphatic heterocycles. The molecule has 0 radical (unpaired) electrons. The summed E-state index contributed by atoms with van der Waals surface area (Å²) in [7, 11) is 0. The van der Waals surface area contributed by atoms with Gasteiger partial charge >= 0.3 is 11.9 Å². The van der Waals surface area contributed by atoms with Crippen LogP contribution < -0.4 is 10.6 Å². The second-order valence-corrected chi connectivity index (χ2v) is 11.0. The van der Waals surface area contributed by atoms with Gasteiger partial charge in [-0.2, -0.15) is 0 Å². The van der Waals surface area contributed by atoms with Crippen molar-refractivity contribution in [3.05, 3.63) is 110 Å². The summed E-state index contributed by atoms with van der Waals surface area (Å²) in [5, 5.41) is 2.26. The van der Waals surface area contributed by atoms with E-state index in [1.807, 2.05) is 17.5 Å². The molecule has 3 aromatic rings. The molecule has 41 heavy (non-hydrogen) atoms. The van der Waals surface area contributed by atoms with E-state index in [0.29, 0.717) is 22.0 Å². The molecule has 3 unspecified atom stereocenters. The lowest BCUT2D eigenvalue weighted by atomic mass is 9.68. The first-order valence-corrected chi connectivity index (χ1v) is 14.5. The number of allylic oxidation sites excluding steroid dienone is 2. The second-order valence-electron chi connectivity index (χ2n) is 9.60. The number of hydrogen-bond donors (Lipinski definition) is 1. The minimum Gasteiger partial charge on any atom is -0.465 e. The molecule has 1 aliphatic carbocycles. The standard InChI is InChI=1S/C31H28ClFN2O5S/c1-3-39-30(37)25-21(23-12-7-13-41-23)16-22-26(28(25)36)24(17-8-5-9-18(32)14-17)27(31(38)40-4-2)29(34)35(22)20-11-6-10-19(33)15-20/h5-15,21,24-25H,3-4,16,34H2,1-2H3. The summed E-state index contributed by atoms with van der Waals surface area (Å²) in [6, 6.07) is 16.2. The van der Waals surface area contributed by atoms with Gasteiger partial charge < -0.3 is 15.2 Å². The van der Waals surface area contributed by atoms with Crippen molar-refractivity contribution >= 4 is 46.3 Å². The van der Waals surface area contributed by atoms with Gasteiger partial charge in [-0.1, -0.05) is 35.9 Å². The normalized spacial score (nSPS) is 20.6. The van der Waals surface area contributed by atoms with Gasteiger partial charge in [0, 0.05) is 27.1 Å². The zero-order valence-corrected chi connectivity index (χ0v) is 24.0.